The average molecular weight is 929 g/mol. The van der Waals surface area contributed by atoms with E-state index in [1.165, 1.54) is 57.8 Å². The molecule has 0 saturated carbocycles. The molecule has 15 heteroatoms. The quantitative estimate of drug-likeness (QED) is 0.0198. The van der Waals surface area contributed by atoms with Crippen LogP contribution in [0.1, 0.15) is 174 Å². The van der Waals surface area contributed by atoms with Gasteiger partial charge in [-0.2, -0.15) is 0 Å². The van der Waals surface area contributed by atoms with Crippen molar-refractivity contribution >= 4 is 11.9 Å². The normalized spacial score (nSPS) is 26.7. The molecule has 0 amide bonds. The van der Waals surface area contributed by atoms with Crippen molar-refractivity contribution < 1.29 is 73.8 Å². The third kappa shape index (κ3) is 26.2. The van der Waals surface area contributed by atoms with Crippen LogP contribution in [-0.2, 0) is 38.0 Å². The summed E-state index contributed by atoms with van der Waals surface area (Å²) in [6.07, 6.45) is 21.7. The molecule has 2 aliphatic rings. The maximum absolute atomic E-state index is 13.0. The van der Waals surface area contributed by atoms with Crippen molar-refractivity contribution in [1.82, 2.24) is 0 Å². The van der Waals surface area contributed by atoms with Crippen LogP contribution in [0.4, 0.5) is 0 Å². The number of allylic oxidation sites excluding steroid dienone is 6. The molecule has 0 spiro atoms. The Kier molecular flexibility index (Phi) is 34.1. The number of hydrogen-bond acceptors (Lipinski definition) is 15. The number of carbonyl (C=O) groups excluding carboxylic acids is 2. The van der Waals surface area contributed by atoms with Crippen molar-refractivity contribution in [1.29, 1.82) is 0 Å². The van der Waals surface area contributed by atoms with Crippen LogP contribution in [0.2, 0.25) is 0 Å². The maximum atomic E-state index is 13.0. The number of hydrogen-bond donors (Lipinski definition) is 7. The van der Waals surface area contributed by atoms with E-state index in [1.54, 1.807) is 0 Å². The van der Waals surface area contributed by atoms with Crippen LogP contribution >= 0.6 is 0 Å². The second-order valence-corrected chi connectivity index (χ2v) is 17.6. The molecule has 0 bridgehead atoms. The Balaban J connectivity index is 1.83. The maximum Gasteiger partial charge on any atom is 0.306 e. The molecule has 0 radical (unpaired) electrons. The first-order valence-electron chi connectivity index (χ1n) is 25.1. The molecule has 0 aromatic rings. The van der Waals surface area contributed by atoms with Gasteiger partial charge in [-0.15, -0.1) is 0 Å². The number of aliphatic hydroxyl groups excluding tert-OH is 7. The predicted molar refractivity (Wildman–Crippen MR) is 247 cm³/mol. The highest BCUT2D eigenvalue weighted by Crippen LogP contribution is 2.26. The molecular formula is C50H88O15. The van der Waals surface area contributed by atoms with E-state index in [2.05, 4.69) is 50.3 Å². The van der Waals surface area contributed by atoms with E-state index in [4.69, 9.17) is 28.4 Å². The van der Waals surface area contributed by atoms with Gasteiger partial charge in [0, 0.05) is 12.8 Å². The van der Waals surface area contributed by atoms with Gasteiger partial charge in [0.1, 0.15) is 55.4 Å². The lowest BCUT2D eigenvalue weighted by atomic mass is 9.98. The molecule has 0 aromatic heterocycles. The molecule has 2 aliphatic heterocycles. The van der Waals surface area contributed by atoms with Crippen LogP contribution in [-0.4, -0.2) is 142 Å². The first kappa shape index (κ1) is 58.8. The molecule has 2 saturated heterocycles. The summed E-state index contributed by atoms with van der Waals surface area (Å²) < 4.78 is 33.5. The van der Waals surface area contributed by atoms with Crippen LogP contribution in [0, 0.1) is 0 Å². The van der Waals surface area contributed by atoms with Crippen molar-refractivity contribution in [2.24, 2.45) is 0 Å². The average Bonchev–Trinajstić information content (AvgIpc) is 3.30. The Labute approximate surface area is 389 Å². The fourth-order valence-corrected chi connectivity index (χ4v) is 7.63. The fourth-order valence-electron chi connectivity index (χ4n) is 7.63. The second-order valence-electron chi connectivity index (χ2n) is 17.6. The third-order valence-electron chi connectivity index (χ3n) is 11.8. The summed E-state index contributed by atoms with van der Waals surface area (Å²) in [4.78, 5) is 25.7. The summed E-state index contributed by atoms with van der Waals surface area (Å²) in [7, 11) is 0. The molecule has 0 aromatic carbocycles. The number of unbranched alkanes of at least 4 members (excludes halogenated alkanes) is 18. The molecule has 7 N–H and O–H groups in total. The van der Waals surface area contributed by atoms with Gasteiger partial charge in [0.15, 0.2) is 18.7 Å². The summed E-state index contributed by atoms with van der Waals surface area (Å²) in [5, 5.41) is 72.0. The third-order valence-corrected chi connectivity index (χ3v) is 11.8. The highest BCUT2D eigenvalue weighted by Gasteiger charge is 2.47. The van der Waals surface area contributed by atoms with E-state index in [9.17, 15) is 45.3 Å². The van der Waals surface area contributed by atoms with E-state index in [0.717, 1.165) is 77.0 Å². The topological polar surface area (TPSA) is 231 Å². The van der Waals surface area contributed by atoms with E-state index in [0.29, 0.717) is 12.8 Å². The second kappa shape index (κ2) is 37.7. The van der Waals surface area contributed by atoms with E-state index in [1.807, 2.05) is 0 Å². The van der Waals surface area contributed by atoms with Crippen molar-refractivity contribution in [3.05, 3.63) is 36.5 Å². The first-order valence-corrected chi connectivity index (χ1v) is 25.1. The van der Waals surface area contributed by atoms with Gasteiger partial charge in [0.25, 0.3) is 0 Å². The lowest BCUT2D eigenvalue weighted by Gasteiger charge is -2.42. The van der Waals surface area contributed by atoms with E-state index < -0.39 is 92.7 Å². The first-order chi connectivity index (χ1) is 31.5. The van der Waals surface area contributed by atoms with Crippen LogP contribution in [0.25, 0.3) is 0 Å². The van der Waals surface area contributed by atoms with Gasteiger partial charge in [0.2, 0.25) is 0 Å². The van der Waals surface area contributed by atoms with Crippen molar-refractivity contribution in [3.63, 3.8) is 0 Å². The molecule has 2 rings (SSSR count). The molecule has 4 unspecified atom stereocenters. The van der Waals surface area contributed by atoms with E-state index in [-0.39, 0.29) is 26.1 Å². The van der Waals surface area contributed by atoms with Gasteiger partial charge in [-0.1, -0.05) is 140 Å². The molecule has 15 nitrogen and oxygen atoms in total. The molecule has 0 aliphatic carbocycles. The predicted octanol–water partition coefficient (Wildman–Crippen LogP) is 6.54. The standard InChI is InChI=1S/C50H88O15/c1-3-5-7-9-11-13-15-17-19-21-23-25-27-29-31-33-42(53)63-38(35-60-41(52)32-30-28-26-24-22-20-18-16-14-12-10-8-6-4-2)36-61-49-48(59)46(57)44(55)40(65-49)37-62-50-47(58)45(56)43(54)39(34-51)64-50/h9-12,16,18,38-40,43-51,54-59H,3-8,13-15,17,19-37H2,1-2H3/b11-9+,12-10+,18-16+/t38-,39-,40-,43+,44+,45?,46?,47?,48?,49-,50-/m1/s1. The van der Waals surface area contributed by atoms with Gasteiger partial charge in [-0.05, 0) is 57.8 Å². The summed E-state index contributed by atoms with van der Waals surface area (Å²) in [6, 6.07) is 0. The minimum absolute atomic E-state index is 0.160. The Morgan fingerprint density at radius 2 is 0.923 bits per heavy atom. The number of aliphatic hydroxyl groups is 7. The largest absolute Gasteiger partial charge is 0.462 e. The van der Waals surface area contributed by atoms with Crippen LogP contribution < -0.4 is 0 Å². The van der Waals surface area contributed by atoms with Gasteiger partial charge in [-0.25, -0.2) is 0 Å². The lowest BCUT2D eigenvalue weighted by molar-refractivity contribution is -0.332. The zero-order chi connectivity index (χ0) is 47.5. The number of carbonyl (C=O) groups is 2. The minimum atomic E-state index is -1.77. The zero-order valence-electron chi connectivity index (χ0n) is 39.7. The smallest absolute Gasteiger partial charge is 0.306 e. The highest BCUT2D eigenvalue weighted by atomic mass is 16.7. The monoisotopic (exact) mass is 929 g/mol. The summed E-state index contributed by atoms with van der Waals surface area (Å²) in [6.45, 7) is 2.50. The van der Waals surface area contributed by atoms with Crippen molar-refractivity contribution in [3.8, 4) is 0 Å². The van der Waals surface area contributed by atoms with Crippen molar-refractivity contribution in [2.75, 3.05) is 26.4 Å². The van der Waals surface area contributed by atoms with Crippen LogP contribution in [0.3, 0.4) is 0 Å². The Bertz CT molecular complexity index is 1280. The lowest BCUT2D eigenvalue weighted by Crippen LogP contribution is -2.61. The summed E-state index contributed by atoms with van der Waals surface area (Å²) in [5.74, 6) is -0.943. The molecule has 2 heterocycles. The number of ether oxygens (including phenoxy) is 6. The Morgan fingerprint density at radius 1 is 0.492 bits per heavy atom. The summed E-state index contributed by atoms with van der Waals surface area (Å²) in [5.41, 5.74) is 0. The fraction of sp³-hybridized carbons (Fsp3) is 0.840. The van der Waals surface area contributed by atoms with Crippen LogP contribution in [0.15, 0.2) is 36.5 Å². The highest BCUT2D eigenvalue weighted by molar-refractivity contribution is 5.70. The Morgan fingerprint density at radius 3 is 1.45 bits per heavy atom. The Hall–Kier alpha value is -2.28. The minimum Gasteiger partial charge on any atom is -0.462 e. The van der Waals surface area contributed by atoms with Gasteiger partial charge >= 0.3 is 11.9 Å². The van der Waals surface area contributed by atoms with Gasteiger partial charge in [-0.3, -0.25) is 9.59 Å². The molecule has 65 heavy (non-hydrogen) atoms. The van der Waals surface area contributed by atoms with Crippen molar-refractivity contribution in [2.45, 2.75) is 242 Å². The molecule has 378 valence electrons. The molecular weight excluding hydrogens is 841 g/mol. The van der Waals surface area contributed by atoms with Gasteiger partial charge in [0.05, 0.1) is 19.8 Å². The van der Waals surface area contributed by atoms with E-state index >= 15 is 0 Å². The van der Waals surface area contributed by atoms with Gasteiger partial charge < -0.3 is 64.2 Å². The zero-order valence-corrected chi connectivity index (χ0v) is 39.7. The summed E-state index contributed by atoms with van der Waals surface area (Å²) >= 11 is 0. The SMILES string of the molecule is CCCC/C=C/C/C=C/CCCCCCCC(=O)OC[C@H](CO[C@@H]1O[C@H](CO[C@@H]2O[C@H](CO)[C@H](O)C(O)C2O)[C@H](O)C(O)C1O)OC(=O)CCCCCCCCCCC/C=C/CCCC. The van der Waals surface area contributed by atoms with Crippen LogP contribution in [0.5, 0.6) is 0 Å². The number of rotatable bonds is 38. The molecule has 11 atom stereocenters. The number of esters is 2. The molecule has 2 fully saturated rings.